The van der Waals surface area contributed by atoms with E-state index in [1.165, 1.54) is 6.07 Å². The molecule has 0 aromatic heterocycles. The Labute approximate surface area is 131 Å². The lowest BCUT2D eigenvalue weighted by molar-refractivity contribution is 0.0620. The first-order chi connectivity index (χ1) is 9.54. The smallest absolute Gasteiger partial charge is 0.261 e. The molecule has 0 N–H and O–H groups in total. The van der Waals surface area contributed by atoms with E-state index >= 15 is 0 Å². The second-order valence-corrected chi connectivity index (χ2v) is 8.18. The van der Waals surface area contributed by atoms with Gasteiger partial charge < -0.3 is 4.90 Å². The average Bonchev–Trinajstić information content (AvgIpc) is 2.43. The molecule has 0 aliphatic rings. The lowest BCUT2D eigenvalue weighted by atomic mass is 9.98. The van der Waals surface area contributed by atoms with Gasteiger partial charge in [0.05, 0.1) is 4.90 Å². The lowest BCUT2D eigenvalue weighted by Gasteiger charge is -2.35. The summed E-state index contributed by atoms with van der Waals surface area (Å²) in [4.78, 5) is 14.2. The van der Waals surface area contributed by atoms with Crippen LogP contribution in [0.2, 0.25) is 0 Å². The van der Waals surface area contributed by atoms with E-state index in [1.807, 2.05) is 27.7 Å². The minimum absolute atomic E-state index is 0.0141. The van der Waals surface area contributed by atoms with E-state index < -0.39 is 9.05 Å². The summed E-state index contributed by atoms with van der Waals surface area (Å²) in [6.07, 6.45) is 1.33. The number of carbonyl (C=O) groups excluding carboxylic acids is 1. The lowest BCUT2D eigenvalue weighted by Crippen LogP contribution is -2.44. The van der Waals surface area contributed by atoms with Gasteiger partial charge in [-0.2, -0.15) is 0 Å². The third-order valence-corrected chi connectivity index (χ3v) is 5.44. The molecule has 0 aliphatic carbocycles. The Morgan fingerprint density at radius 3 is 2.29 bits per heavy atom. The molecule has 0 radical (unpaired) electrons. The largest absolute Gasteiger partial charge is 0.337 e. The van der Waals surface area contributed by atoms with Gasteiger partial charge in [-0.1, -0.05) is 19.9 Å². The zero-order chi connectivity index (χ0) is 16.4. The molecule has 6 heteroatoms. The number of benzene rings is 1. The van der Waals surface area contributed by atoms with Crippen molar-refractivity contribution in [2.45, 2.75) is 51.0 Å². The van der Waals surface area contributed by atoms with Gasteiger partial charge in [0, 0.05) is 28.8 Å². The van der Waals surface area contributed by atoms with Crippen molar-refractivity contribution in [2.75, 3.05) is 7.05 Å². The zero-order valence-electron chi connectivity index (χ0n) is 13.1. The molecule has 4 nitrogen and oxygen atoms in total. The molecule has 1 aromatic rings. The van der Waals surface area contributed by atoms with E-state index in [1.54, 1.807) is 24.1 Å². The summed E-state index contributed by atoms with van der Waals surface area (Å²) in [6, 6.07) is 4.66. The van der Waals surface area contributed by atoms with Crippen molar-refractivity contribution in [3.63, 3.8) is 0 Å². The number of hydrogen-bond acceptors (Lipinski definition) is 3. The molecule has 0 spiro atoms. The third kappa shape index (κ3) is 3.98. The van der Waals surface area contributed by atoms with Gasteiger partial charge >= 0.3 is 0 Å². The molecular weight excluding hydrogens is 310 g/mol. The van der Waals surface area contributed by atoms with Gasteiger partial charge in [-0.3, -0.25) is 4.79 Å². The Bertz CT molecular complexity index is 638. The number of hydrogen-bond donors (Lipinski definition) is 0. The van der Waals surface area contributed by atoms with E-state index in [0.717, 1.165) is 6.42 Å². The summed E-state index contributed by atoms with van der Waals surface area (Å²) in [5.74, 6) is -0.217. The van der Waals surface area contributed by atoms with Crippen molar-refractivity contribution in [2.24, 2.45) is 0 Å². The van der Waals surface area contributed by atoms with Crippen LogP contribution in [0.3, 0.4) is 0 Å². The van der Waals surface area contributed by atoms with E-state index in [0.29, 0.717) is 17.5 Å². The molecule has 21 heavy (non-hydrogen) atoms. The molecule has 0 heterocycles. The summed E-state index contributed by atoms with van der Waals surface area (Å²) < 4.78 is 23.3. The van der Waals surface area contributed by atoms with E-state index in [4.69, 9.17) is 10.7 Å². The van der Waals surface area contributed by atoms with Crippen LogP contribution in [0.4, 0.5) is 0 Å². The molecule has 0 saturated heterocycles. The monoisotopic (exact) mass is 331 g/mol. The van der Waals surface area contributed by atoms with Gasteiger partial charge in [0.15, 0.2) is 0 Å². The second-order valence-electron chi connectivity index (χ2n) is 5.64. The standard InChI is InChI=1S/C15H22ClNO3S/c1-6-11-8-9-12(10-13(11)21(16,19)20)14(18)17(5)15(3,4)7-2/h8-10H,6-7H2,1-5H3. The Balaban J connectivity index is 3.31. The molecule has 1 aromatic carbocycles. The van der Waals surface area contributed by atoms with Gasteiger partial charge in [0.1, 0.15) is 0 Å². The number of nitrogens with zero attached hydrogens (tertiary/aromatic N) is 1. The van der Waals surface area contributed by atoms with Crippen LogP contribution in [-0.2, 0) is 15.5 Å². The minimum Gasteiger partial charge on any atom is -0.337 e. The number of halogens is 1. The van der Waals surface area contributed by atoms with Gasteiger partial charge in [-0.05, 0) is 44.4 Å². The molecule has 1 rings (SSSR count). The molecule has 118 valence electrons. The SMILES string of the molecule is CCc1ccc(C(=O)N(C)C(C)(C)CC)cc1S(=O)(=O)Cl. The zero-order valence-corrected chi connectivity index (χ0v) is 14.7. The average molecular weight is 332 g/mol. The normalized spacial score (nSPS) is 12.3. The Morgan fingerprint density at radius 2 is 1.86 bits per heavy atom. The molecule has 0 unspecified atom stereocenters. The number of amides is 1. The Hall–Kier alpha value is -1.07. The van der Waals surface area contributed by atoms with Crippen molar-refractivity contribution < 1.29 is 13.2 Å². The van der Waals surface area contributed by atoms with Gasteiger partial charge in [0.2, 0.25) is 0 Å². The van der Waals surface area contributed by atoms with Crippen LogP contribution in [0, 0.1) is 0 Å². The van der Waals surface area contributed by atoms with Crippen LogP contribution < -0.4 is 0 Å². The van der Waals surface area contributed by atoms with Crippen molar-refractivity contribution >= 4 is 25.6 Å². The molecule has 0 bridgehead atoms. The summed E-state index contributed by atoms with van der Waals surface area (Å²) in [5, 5.41) is 0. The van der Waals surface area contributed by atoms with Crippen molar-refractivity contribution in [3.8, 4) is 0 Å². The van der Waals surface area contributed by atoms with Gasteiger partial charge in [-0.25, -0.2) is 8.42 Å². The number of aryl methyl sites for hydroxylation is 1. The highest BCUT2D eigenvalue weighted by atomic mass is 35.7. The fourth-order valence-corrected chi connectivity index (χ4v) is 3.14. The maximum atomic E-state index is 12.5. The van der Waals surface area contributed by atoms with Gasteiger partial charge in [-0.15, -0.1) is 0 Å². The first-order valence-electron chi connectivity index (χ1n) is 6.90. The Kier molecular flexibility index (Phi) is 5.45. The predicted octanol–water partition coefficient (Wildman–Crippen LogP) is 3.44. The highest BCUT2D eigenvalue weighted by molar-refractivity contribution is 8.13. The van der Waals surface area contributed by atoms with Crippen LogP contribution in [0.1, 0.15) is 50.0 Å². The maximum Gasteiger partial charge on any atom is 0.261 e. The van der Waals surface area contributed by atoms with Crippen molar-refractivity contribution in [3.05, 3.63) is 29.3 Å². The highest BCUT2D eigenvalue weighted by Gasteiger charge is 2.27. The summed E-state index contributed by atoms with van der Waals surface area (Å²) in [7, 11) is 3.31. The van der Waals surface area contributed by atoms with E-state index in [-0.39, 0.29) is 16.3 Å². The van der Waals surface area contributed by atoms with Crippen molar-refractivity contribution in [1.29, 1.82) is 0 Å². The number of carbonyl (C=O) groups is 1. The topological polar surface area (TPSA) is 54.5 Å². The summed E-state index contributed by atoms with van der Waals surface area (Å²) >= 11 is 0. The quantitative estimate of drug-likeness (QED) is 0.777. The van der Waals surface area contributed by atoms with Gasteiger partial charge in [0.25, 0.3) is 15.0 Å². The maximum absolute atomic E-state index is 12.5. The predicted molar refractivity (Wildman–Crippen MR) is 85.3 cm³/mol. The summed E-state index contributed by atoms with van der Waals surface area (Å²) in [5.41, 5.74) is 0.634. The van der Waals surface area contributed by atoms with E-state index in [2.05, 4.69) is 0 Å². The van der Waals surface area contributed by atoms with Crippen LogP contribution in [0.5, 0.6) is 0 Å². The summed E-state index contributed by atoms with van der Waals surface area (Å²) in [6.45, 7) is 7.77. The fourth-order valence-electron chi connectivity index (χ4n) is 1.91. The first-order valence-corrected chi connectivity index (χ1v) is 9.21. The molecule has 0 atom stereocenters. The Morgan fingerprint density at radius 1 is 1.29 bits per heavy atom. The van der Waals surface area contributed by atoms with Crippen LogP contribution >= 0.6 is 10.7 Å². The highest BCUT2D eigenvalue weighted by Crippen LogP contribution is 2.25. The van der Waals surface area contributed by atoms with Crippen molar-refractivity contribution in [1.82, 2.24) is 4.90 Å². The minimum atomic E-state index is -3.87. The molecular formula is C15H22ClNO3S. The van der Waals surface area contributed by atoms with Crippen LogP contribution in [0.25, 0.3) is 0 Å². The number of rotatable bonds is 5. The molecule has 0 fully saturated rings. The van der Waals surface area contributed by atoms with Crippen LogP contribution in [0.15, 0.2) is 23.1 Å². The molecule has 0 saturated carbocycles. The van der Waals surface area contributed by atoms with Crippen LogP contribution in [-0.4, -0.2) is 31.8 Å². The fraction of sp³-hybridized carbons (Fsp3) is 0.533. The second kappa shape index (κ2) is 6.36. The third-order valence-electron chi connectivity index (χ3n) is 4.04. The van der Waals surface area contributed by atoms with E-state index in [9.17, 15) is 13.2 Å². The first kappa shape index (κ1) is 18.0. The molecule has 1 amide bonds. The molecule has 0 aliphatic heterocycles.